The lowest BCUT2D eigenvalue weighted by Crippen LogP contribution is -2.13. The van der Waals surface area contributed by atoms with Gasteiger partial charge in [-0.05, 0) is 42.3 Å². The molecule has 154 valence electrons. The molecule has 0 radical (unpaired) electrons. The van der Waals surface area contributed by atoms with Crippen molar-refractivity contribution >= 4 is 28.4 Å². The van der Waals surface area contributed by atoms with Crippen molar-refractivity contribution < 1.29 is 18.0 Å². The zero-order chi connectivity index (χ0) is 22.0. The van der Waals surface area contributed by atoms with Crippen molar-refractivity contribution in [2.75, 3.05) is 11.1 Å². The van der Waals surface area contributed by atoms with Gasteiger partial charge in [0.05, 0.1) is 10.9 Å². The van der Waals surface area contributed by atoms with Crippen LogP contribution in [0.5, 0.6) is 0 Å². The van der Waals surface area contributed by atoms with E-state index in [4.69, 9.17) is 5.73 Å². The Hall–Kier alpha value is -4.39. The predicted molar refractivity (Wildman–Crippen MR) is 108 cm³/mol. The first-order valence-corrected chi connectivity index (χ1v) is 8.86. The van der Waals surface area contributed by atoms with Gasteiger partial charge in [0, 0.05) is 16.8 Å². The second-order valence-electron chi connectivity index (χ2n) is 6.42. The highest BCUT2D eigenvalue weighted by Crippen LogP contribution is 2.30. The summed E-state index contributed by atoms with van der Waals surface area (Å²) in [5.41, 5.74) is 6.58. The summed E-state index contributed by atoms with van der Waals surface area (Å²) in [4.78, 5) is 20.4. The molecule has 31 heavy (non-hydrogen) atoms. The molecule has 2 aromatic carbocycles. The van der Waals surface area contributed by atoms with Crippen LogP contribution in [-0.4, -0.2) is 26.1 Å². The quantitative estimate of drug-likeness (QED) is 0.428. The molecule has 4 aromatic rings. The van der Waals surface area contributed by atoms with Gasteiger partial charge in [0.2, 0.25) is 0 Å². The Morgan fingerprint density at radius 2 is 1.87 bits per heavy atom. The molecule has 1 amide bonds. The number of anilines is 2. The molecule has 0 unspecified atom stereocenters. The van der Waals surface area contributed by atoms with Gasteiger partial charge >= 0.3 is 6.18 Å². The second kappa shape index (κ2) is 7.79. The van der Waals surface area contributed by atoms with Crippen molar-refractivity contribution in [3.05, 3.63) is 77.2 Å². The summed E-state index contributed by atoms with van der Waals surface area (Å²) in [5.74, 6) is 5.44. The molecule has 10 heteroatoms. The number of nitrogens with one attached hydrogen (secondary N) is 2. The van der Waals surface area contributed by atoms with Crippen molar-refractivity contribution in [3.63, 3.8) is 0 Å². The lowest BCUT2D eigenvalue weighted by Gasteiger charge is -2.10. The summed E-state index contributed by atoms with van der Waals surface area (Å²) in [6, 6.07) is 10.8. The minimum atomic E-state index is -4.50. The first-order valence-electron chi connectivity index (χ1n) is 8.86. The minimum absolute atomic E-state index is 0.0377. The van der Waals surface area contributed by atoms with E-state index in [1.54, 1.807) is 12.1 Å². The maximum absolute atomic E-state index is 12.9. The Balaban J connectivity index is 1.57. The molecule has 0 fully saturated rings. The van der Waals surface area contributed by atoms with Gasteiger partial charge in [-0.2, -0.15) is 18.3 Å². The van der Waals surface area contributed by atoms with Crippen LogP contribution < -0.4 is 11.1 Å². The van der Waals surface area contributed by atoms with Crippen LogP contribution in [0.25, 0.3) is 11.0 Å². The molecule has 2 heterocycles. The van der Waals surface area contributed by atoms with Crippen molar-refractivity contribution in [2.45, 2.75) is 6.18 Å². The number of rotatable bonds is 2. The Bertz CT molecular complexity index is 1350. The van der Waals surface area contributed by atoms with Gasteiger partial charge < -0.3 is 11.1 Å². The van der Waals surface area contributed by atoms with Crippen LogP contribution in [0.4, 0.5) is 24.7 Å². The molecule has 0 aliphatic heterocycles. The van der Waals surface area contributed by atoms with Crippen molar-refractivity contribution in [3.8, 4) is 11.8 Å². The molecular formula is C21H13F3N6O. The van der Waals surface area contributed by atoms with Gasteiger partial charge in [-0.25, -0.2) is 9.97 Å². The Morgan fingerprint density at radius 1 is 1.06 bits per heavy atom. The molecule has 0 atom stereocenters. The van der Waals surface area contributed by atoms with Crippen LogP contribution in [0, 0.1) is 11.8 Å². The number of alkyl halides is 3. The fraction of sp³-hybridized carbons (Fsp3) is 0.0476. The number of amides is 1. The zero-order valence-corrected chi connectivity index (χ0v) is 15.7. The minimum Gasteiger partial charge on any atom is -0.383 e. The predicted octanol–water partition coefficient (Wildman–Crippen LogP) is 3.61. The molecule has 0 bridgehead atoms. The number of aromatic nitrogens is 4. The number of nitrogen functional groups attached to an aromatic ring is 1. The number of aromatic amines is 1. The van der Waals surface area contributed by atoms with E-state index in [0.717, 1.165) is 12.1 Å². The number of hydrogen-bond acceptors (Lipinski definition) is 5. The van der Waals surface area contributed by atoms with E-state index in [2.05, 4.69) is 37.3 Å². The standard InChI is InChI=1S/C21H13F3N6O/c22-21(23,24)14-5-2-6-15(10-14)28-20(31)13-4-1-3-12(9-13)7-8-16-17-18(25)26-11-27-19(17)30-29-16/h1-6,9-11H,(H,28,31)(H3,25,26,27,29,30). The van der Waals surface area contributed by atoms with Crippen molar-refractivity contribution in [1.82, 2.24) is 20.2 Å². The number of hydrogen-bond donors (Lipinski definition) is 3. The largest absolute Gasteiger partial charge is 0.416 e. The van der Waals surface area contributed by atoms with E-state index in [9.17, 15) is 18.0 Å². The third kappa shape index (κ3) is 4.30. The number of fused-ring (bicyclic) bond motifs is 1. The lowest BCUT2D eigenvalue weighted by atomic mass is 10.1. The van der Waals surface area contributed by atoms with E-state index < -0.39 is 17.6 Å². The lowest BCUT2D eigenvalue weighted by molar-refractivity contribution is -0.137. The smallest absolute Gasteiger partial charge is 0.383 e. The van der Waals surface area contributed by atoms with E-state index >= 15 is 0 Å². The van der Waals surface area contributed by atoms with Crippen LogP contribution in [0.1, 0.15) is 27.2 Å². The number of carbonyl (C=O) groups excluding carboxylic acids is 1. The maximum atomic E-state index is 12.9. The van der Waals surface area contributed by atoms with Crippen LogP contribution in [0.3, 0.4) is 0 Å². The average molecular weight is 422 g/mol. The van der Waals surface area contributed by atoms with Gasteiger partial charge in [-0.15, -0.1) is 0 Å². The number of H-pyrrole nitrogens is 1. The number of carbonyl (C=O) groups is 1. The highest BCUT2D eigenvalue weighted by molar-refractivity contribution is 6.04. The third-order valence-corrected chi connectivity index (χ3v) is 4.28. The molecule has 0 saturated carbocycles. The summed E-state index contributed by atoms with van der Waals surface area (Å²) < 4.78 is 38.6. The number of benzene rings is 2. The fourth-order valence-electron chi connectivity index (χ4n) is 2.82. The van der Waals surface area contributed by atoms with Gasteiger partial charge in [-0.3, -0.25) is 9.89 Å². The Morgan fingerprint density at radius 3 is 2.68 bits per heavy atom. The molecule has 0 spiro atoms. The van der Waals surface area contributed by atoms with Crippen LogP contribution >= 0.6 is 0 Å². The van der Waals surface area contributed by atoms with Gasteiger partial charge in [0.15, 0.2) is 5.65 Å². The molecule has 7 nitrogen and oxygen atoms in total. The topological polar surface area (TPSA) is 110 Å². The summed E-state index contributed by atoms with van der Waals surface area (Å²) in [6.07, 6.45) is -3.20. The first-order chi connectivity index (χ1) is 14.8. The maximum Gasteiger partial charge on any atom is 0.416 e. The summed E-state index contributed by atoms with van der Waals surface area (Å²) in [5, 5.41) is 9.70. The number of nitrogens with two attached hydrogens (primary N) is 1. The Kier molecular flexibility index (Phi) is 5.00. The molecule has 0 aliphatic rings. The third-order valence-electron chi connectivity index (χ3n) is 4.28. The Labute approximate surface area is 173 Å². The van der Waals surface area contributed by atoms with Gasteiger partial charge in [-0.1, -0.05) is 18.1 Å². The van der Waals surface area contributed by atoms with Crippen molar-refractivity contribution in [2.24, 2.45) is 0 Å². The first kappa shape index (κ1) is 19.9. The number of nitrogens with zero attached hydrogens (tertiary/aromatic N) is 3. The molecule has 0 saturated heterocycles. The van der Waals surface area contributed by atoms with Crippen molar-refractivity contribution in [1.29, 1.82) is 0 Å². The highest BCUT2D eigenvalue weighted by Gasteiger charge is 2.30. The normalized spacial score (nSPS) is 11.1. The van der Waals surface area contributed by atoms with Crippen LogP contribution in [-0.2, 0) is 6.18 Å². The fourth-order valence-corrected chi connectivity index (χ4v) is 2.82. The van der Waals surface area contributed by atoms with E-state index in [-0.39, 0.29) is 17.1 Å². The van der Waals surface area contributed by atoms with Gasteiger partial charge in [0.1, 0.15) is 17.8 Å². The van der Waals surface area contributed by atoms with Crippen LogP contribution in [0.2, 0.25) is 0 Å². The monoisotopic (exact) mass is 422 g/mol. The second-order valence-corrected chi connectivity index (χ2v) is 6.42. The summed E-state index contributed by atoms with van der Waals surface area (Å²) >= 11 is 0. The van der Waals surface area contributed by atoms with E-state index in [1.165, 1.54) is 30.6 Å². The molecule has 4 N–H and O–H groups in total. The SMILES string of the molecule is Nc1ncnc2n[nH]c(C#Cc3cccc(C(=O)Nc4cccc(C(F)(F)F)c4)c3)c12. The van der Waals surface area contributed by atoms with Gasteiger partial charge in [0.25, 0.3) is 5.91 Å². The highest BCUT2D eigenvalue weighted by atomic mass is 19.4. The zero-order valence-electron chi connectivity index (χ0n) is 15.7. The molecule has 4 rings (SSSR count). The number of halogens is 3. The summed E-state index contributed by atoms with van der Waals surface area (Å²) in [6.45, 7) is 0. The van der Waals surface area contributed by atoms with E-state index in [0.29, 0.717) is 22.3 Å². The molecular weight excluding hydrogens is 409 g/mol. The molecule has 0 aliphatic carbocycles. The van der Waals surface area contributed by atoms with Crippen LogP contribution in [0.15, 0.2) is 54.9 Å². The van der Waals surface area contributed by atoms with E-state index in [1.807, 2.05) is 0 Å². The molecule has 2 aromatic heterocycles. The average Bonchev–Trinajstić information content (AvgIpc) is 3.16. The summed E-state index contributed by atoms with van der Waals surface area (Å²) in [7, 11) is 0.